The third kappa shape index (κ3) is 3.36. The number of sulfonamides is 1. The average molecular weight is 305 g/mol. The molecule has 0 aromatic carbocycles. The molecule has 0 saturated carbocycles. The van der Waals surface area contributed by atoms with Gasteiger partial charge < -0.3 is 5.73 Å². The van der Waals surface area contributed by atoms with Crippen LogP contribution in [0.3, 0.4) is 0 Å². The van der Waals surface area contributed by atoms with E-state index in [1.54, 1.807) is 0 Å². The lowest BCUT2D eigenvalue weighted by molar-refractivity contribution is -0.142. The molecule has 0 amide bonds. The number of nitrogens with two attached hydrogens (primary N) is 2. The van der Waals surface area contributed by atoms with Gasteiger partial charge in [0.05, 0.1) is 0 Å². The van der Waals surface area contributed by atoms with Crippen LogP contribution in [0.4, 0.5) is 22.0 Å². The third-order valence-electron chi connectivity index (χ3n) is 2.13. The van der Waals surface area contributed by atoms with E-state index in [4.69, 9.17) is 5.73 Å². The van der Waals surface area contributed by atoms with Gasteiger partial charge in [-0.25, -0.2) is 27.3 Å². The van der Waals surface area contributed by atoms with E-state index in [1.165, 1.54) is 0 Å². The normalized spacial score (nSPS) is 13.1. The molecule has 0 aliphatic rings. The summed E-state index contributed by atoms with van der Waals surface area (Å²) in [7, 11) is -4.65. The molecule has 0 atom stereocenters. The predicted molar refractivity (Wildman–Crippen MR) is 53.5 cm³/mol. The van der Waals surface area contributed by atoms with E-state index in [0.29, 0.717) is 0 Å². The number of hydrogen-bond acceptors (Lipinski definition) is 4. The van der Waals surface area contributed by atoms with Crippen LogP contribution < -0.4 is 10.9 Å². The van der Waals surface area contributed by atoms with Gasteiger partial charge in [-0.2, -0.15) is 13.2 Å². The zero-order chi connectivity index (χ0) is 15.0. The van der Waals surface area contributed by atoms with Gasteiger partial charge in [0.15, 0.2) is 10.7 Å². The van der Waals surface area contributed by atoms with Gasteiger partial charge in [0, 0.05) is 17.7 Å². The second kappa shape index (κ2) is 4.98. The first-order chi connectivity index (χ1) is 8.48. The fourth-order valence-electron chi connectivity index (χ4n) is 1.36. The van der Waals surface area contributed by atoms with E-state index < -0.39 is 51.0 Å². The molecule has 11 heteroatoms. The number of rotatable bonds is 3. The summed E-state index contributed by atoms with van der Waals surface area (Å²) in [6, 6.07) is 0.289. The van der Waals surface area contributed by atoms with Crippen LogP contribution in [0.1, 0.15) is 23.2 Å². The molecule has 1 rings (SSSR count). The van der Waals surface area contributed by atoms with E-state index in [9.17, 15) is 30.4 Å². The topological polar surface area (TPSA) is 99.1 Å². The fraction of sp³-hybridized carbons (Fsp3) is 0.375. The van der Waals surface area contributed by atoms with Crippen molar-refractivity contribution in [1.82, 2.24) is 4.98 Å². The van der Waals surface area contributed by atoms with Crippen LogP contribution in [0.2, 0.25) is 0 Å². The van der Waals surface area contributed by atoms with Gasteiger partial charge in [-0.15, -0.1) is 0 Å². The molecule has 0 unspecified atom stereocenters. The quantitative estimate of drug-likeness (QED) is 0.818. The van der Waals surface area contributed by atoms with Gasteiger partial charge in [-0.3, -0.25) is 0 Å². The maximum atomic E-state index is 12.7. The molecule has 0 aliphatic heterocycles. The van der Waals surface area contributed by atoms with E-state index in [2.05, 4.69) is 10.1 Å². The van der Waals surface area contributed by atoms with Gasteiger partial charge in [0.1, 0.15) is 0 Å². The second-order valence-corrected chi connectivity index (χ2v) is 4.93. The minimum absolute atomic E-state index is 0.289. The lowest BCUT2D eigenvalue weighted by atomic mass is 10.1. The fourth-order valence-corrected chi connectivity index (χ4v) is 1.87. The van der Waals surface area contributed by atoms with Crippen molar-refractivity contribution < 1.29 is 30.4 Å². The van der Waals surface area contributed by atoms with Crippen LogP contribution in [0.25, 0.3) is 0 Å². The van der Waals surface area contributed by atoms with Crippen molar-refractivity contribution >= 4 is 10.0 Å². The van der Waals surface area contributed by atoms with Gasteiger partial charge in [-0.1, -0.05) is 0 Å². The first-order valence-electron chi connectivity index (χ1n) is 4.60. The largest absolute Gasteiger partial charge is 0.433 e. The molecule has 4 N–H and O–H groups in total. The molecule has 1 aromatic heterocycles. The number of nitrogens with zero attached hydrogens (tertiary/aromatic N) is 1. The zero-order valence-corrected chi connectivity index (χ0v) is 9.89. The van der Waals surface area contributed by atoms with Crippen molar-refractivity contribution in [3.8, 4) is 0 Å². The van der Waals surface area contributed by atoms with E-state index in [-0.39, 0.29) is 6.07 Å². The molecule has 0 saturated heterocycles. The van der Waals surface area contributed by atoms with E-state index >= 15 is 0 Å². The van der Waals surface area contributed by atoms with Crippen molar-refractivity contribution in [3.05, 3.63) is 22.9 Å². The monoisotopic (exact) mass is 305 g/mol. The van der Waals surface area contributed by atoms with Crippen molar-refractivity contribution in [2.75, 3.05) is 0 Å². The smallest absolute Gasteiger partial charge is 0.326 e. The summed E-state index contributed by atoms with van der Waals surface area (Å²) < 4.78 is 85.2. The second-order valence-electron chi connectivity index (χ2n) is 3.42. The van der Waals surface area contributed by atoms with Crippen LogP contribution >= 0.6 is 0 Å². The molecule has 19 heavy (non-hydrogen) atoms. The first kappa shape index (κ1) is 15.7. The van der Waals surface area contributed by atoms with Crippen LogP contribution in [0.15, 0.2) is 11.1 Å². The Morgan fingerprint density at radius 3 is 2.16 bits per heavy atom. The van der Waals surface area contributed by atoms with Crippen molar-refractivity contribution in [2.45, 2.75) is 24.2 Å². The summed E-state index contributed by atoms with van der Waals surface area (Å²) in [6.45, 7) is -0.869. The standard InChI is InChI=1S/C8H8F5N3O2S/c9-7(10)3-1-5(19(15,17)18)16-6(4(3)2-14)8(11,12)13/h1,7H,2,14H2,(H2,15,17,18). The Kier molecular flexibility index (Phi) is 4.12. The SMILES string of the molecule is NCc1c(C(F)F)cc(S(N)(=O)=O)nc1C(F)(F)F. The molecule has 0 spiro atoms. The van der Waals surface area contributed by atoms with Gasteiger partial charge in [0.25, 0.3) is 16.4 Å². The van der Waals surface area contributed by atoms with Crippen molar-refractivity contribution in [2.24, 2.45) is 10.9 Å². The Balaban J connectivity index is 3.75. The van der Waals surface area contributed by atoms with E-state index in [0.717, 1.165) is 0 Å². The van der Waals surface area contributed by atoms with Crippen LogP contribution in [0.5, 0.6) is 0 Å². The summed E-state index contributed by atoms with van der Waals surface area (Å²) >= 11 is 0. The van der Waals surface area contributed by atoms with Crippen LogP contribution in [-0.2, 0) is 22.7 Å². The summed E-state index contributed by atoms with van der Waals surface area (Å²) in [6.07, 6.45) is -8.47. The van der Waals surface area contributed by atoms with Crippen molar-refractivity contribution in [3.63, 3.8) is 0 Å². The maximum Gasteiger partial charge on any atom is 0.433 e. The van der Waals surface area contributed by atoms with Gasteiger partial charge in [-0.05, 0) is 6.07 Å². The lowest BCUT2D eigenvalue weighted by Crippen LogP contribution is -2.22. The Labute approximate surface area is 104 Å². The molecule has 1 heterocycles. The van der Waals surface area contributed by atoms with Gasteiger partial charge >= 0.3 is 6.18 Å². The summed E-state index contributed by atoms with van der Waals surface area (Å²) in [5.74, 6) is 0. The minimum Gasteiger partial charge on any atom is -0.326 e. The van der Waals surface area contributed by atoms with E-state index in [1.807, 2.05) is 0 Å². The molecule has 0 radical (unpaired) electrons. The average Bonchev–Trinajstić information content (AvgIpc) is 2.24. The van der Waals surface area contributed by atoms with Gasteiger partial charge in [0.2, 0.25) is 0 Å². The lowest BCUT2D eigenvalue weighted by Gasteiger charge is -2.15. The molecule has 108 valence electrons. The summed E-state index contributed by atoms with van der Waals surface area (Å²) in [5, 5.41) is 3.31. The third-order valence-corrected chi connectivity index (χ3v) is 2.93. The Hall–Kier alpha value is -1.33. The molecule has 5 nitrogen and oxygen atoms in total. The Morgan fingerprint density at radius 2 is 1.84 bits per heavy atom. The summed E-state index contributed by atoms with van der Waals surface area (Å²) in [4.78, 5) is 2.78. The molecule has 0 fully saturated rings. The molecule has 0 bridgehead atoms. The molecular weight excluding hydrogens is 297 g/mol. The van der Waals surface area contributed by atoms with Crippen molar-refractivity contribution in [1.29, 1.82) is 0 Å². The first-order valence-corrected chi connectivity index (χ1v) is 6.15. The maximum absolute atomic E-state index is 12.7. The molecular formula is C8H8F5N3O2S. The highest BCUT2D eigenvalue weighted by Crippen LogP contribution is 2.35. The predicted octanol–water partition coefficient (Wildman–Crippen LogP) is 1.14. The molecule has 0 aliphatic carbocycles. The number of pyridine rings is 1. The number of primary sulfonamides is 1. The highest BCUT2D eigenvalue weighted by atomic mass is 32.2. The Morgan fingerprint density at radius 1 is 1.32 bits per heavy atom. The zero-order valence-electron chi connectivity index (χ0n) is 9.08. The minimum atomic E-state index is -5.13. The highest BCUT2D eigenvalue weighted by Gasteiger charge is 2.38. The number of hydrogen-bond donors (Lipinski definition) is 2. The summed E-state index contributed by atoms with van der Waals surface area (Å²) in [5.41, 5.74) is 1.09. The number of alkyl halides is 5. The Bertz CT molecular complexity index is 585. The number of halogens is 5. The van der Waals surface area contributed by atoms with Crippen LogP contribution in [0, 0.1) is 0 Å². The van der Waals surface area contributed by atoms with Crippen LogP contribution in [-0.4, -0.2) is 13.4 Å². The highest BCUT2D eigenvalue weighted by molar-refractivity contribution is 7.89. The number of aromatic nitrogens is 1. The molecule has 1 aromatic rings.